The molecule has 3 rings (SSSR count). The van der Waals surface area contributed by atoms with Crippen LogP contribution in [-0.2, 0) is 31.1 Å². The van der Waals surface area contributed by atoms with Crippen LogP contribution in [0.2, 0.25) is 0 Å². The van der Waals surface area contributed by atoms with Crippen LogP contribution in [0.3, 0.4) is 0 Å². The number of fused-ring (bicyclic) bond motifs is 1. The molecule has 26 heavy (non-hydrogen) atoms. The number of aromatic nitrogens is 2. The minimum Gasteiger partial charge on any atom is -0.444 e. The smallest absolute Gasteiger partial charge is 0.435 e. The summed E-state index contributed by atoms with van der Waals surface area (Å²) in [4.78, 5) is 13.8. The fraction of sp³-hybridized carbons (Fsp3) is 0.444. The second kappa shape index (κ2) is 6.03. The van der Waals surface area contributed by atoms with E-state index in [1.165, 1.54) is 18.1 Å². The van der Waals surface area contributed by atoms with Crippen LogP contribution in [0.15, 0.2) is 24.4 Å². The molecule has 2 heterocycles. The molecule has 0 N–H and O–H groups in total. The molecule has 5 nitrogen and oxygen atoms in total. The summed E-state index contributed by atoms with van der Waals surface area (Å²) in [5.74, 6) is 0. The lowest BCUT2D eigenvalue weighted by Crippen LogP contribution is -2.33. The highest BCUT2D eigenvalue weighted by atomic mass is 19.4. The number of alkyl halides is 3. The molecular formula is C18H20F3N3O2. The summed E-state index contributed by atoms with van der Waals surface area (Å²) < 4.78 is 46.1. The zero-order chi connectivity index (χ0) is 19.3. The van der Waals surface area contributed by atoms with Crippen molar-refractivity contribution in [3.63, 3.8) is 0 Å². The number of carbonyl (C=O) groups excluding carboxylic acids is 1. The molecule has 1 aromatic heterocycles. The van der Waals surface area contributed by atoms with E-state index in [4.69, 9.17) is 4.74 Å². The summed E-state index contributed by atoms with van der Waals surface area (Å²) in [5.41, 5.74) is 0.645. The number of carbonyl (C=O) groups is 1. The van der Waals surface area contributed by atoms with E-state index in [2.05, 4.69) is 5.10 Å². The number of rotatable bonds is 1. The second-order valence-corrected chi connectivity index (χ2v) is 7.38. The predicted molar refractivity (Wildman–Crippen MR) is 89.1 cm³/mol. The first-order valence-electron chi connectivity index (χ1n) is 8.15. The molecule has 0 unspecified atom stereocenters. The van der Waals surface area contributed by atoms with Gasteiger partial charge in [0, 0.05) is 31.9 Å². The SMILES string of the molecule is Cn1cc(-c2ccc3c(c2)CN(C(=O)OC(C)(C)C)C3)c(C(F)(F)F)n1. The third-order valence-corrected chi connectivity index (χ3v) is 3.99. The van der Waals surface area contributed by atoms with Crippen molar-refractivity contribution in [1.82, 2.24) is 14.7 Å². The largest absolute Gasteiger partial charge is 0.444 e. The molecule has 0 fully saturated rings. The monoisotopic (exact) mass is 367 g/mol. The molecule has 2 aromatic rings. The van der Waals surface area contributed by atoms with E-state index < -0.39 is 23.6 Å². The van der Waals surface area contributed by atoms with Gasteiger partial charge in [-0.1, -0.05) is 12.1 Å². The lowest BCUT2D eigenvalue weighted by molar-refractivity contribution is -0.140. The molecule has 140 valence electrons. The molecule has 0 radical (unpaired) electrons. The van der Waals surface area contributed by atoms with Crippen molar-refractivity contribution in [3.05, 3.63) is 41.2 Å². The summed E-state index contributed by atoms with van der Waals surface area (Å²) in [6.45, 7) is 6.04. The van der Waals surface area contributed by atoms with Crippen LogP contribution in [0, 0.1) is 0 Å². The van der Waals surface area contributed by atoms with Crippen LogP contribution in [-0.4, -0.2) is 26.4 Å². The zero-order valence-corrected chi connectivity index (χ0v) is 15.0. The maximum absolute atomic E-state index is 13.2. The van der Waals surface area contributed by atoms with Crippen LogP contribution in [0.25, 0.3) is 11.1 Å². The van der Waals surface area contributed by atoms with Crippen molar-refractivity contribution in [3.8, 4) is 11.1 Å². The summed E-state index contributed by atoms with van der Waals surface area (Å²) >= 11 is 0. The van der Waals surface area contributed by atoms with E-state index in [1.54, 1.807) is 39.0 Å². The molecule has 0 bridgehead atoms. The van der Waals surface area contributed by atoms with Crippen LogP contribution in [0.1, 0.15) is 37.6 Å². The van der Waals surface area contributed by atoms with Crippen molar-refractivity contribution >= 4 is 6.09 Å². The Morgan fingerprint density at radius 3 is 2.42 bits per heavy atom. The summed E-state index contributed by atoms with van der Waals surface area (Å²) in [6, 6.07) is 5.07. The van der Waals surface area contributed by atoms with E-state index in [0.717, 1.165) is 15.8 Å². The molecule has 1 aliphatic heterocycles. The lowest BCUT2D eigenvalue weighted by atomic mass is 10.0. The highest BCUT2D eigenvalue weighted by molar-refractivity contribution is 5.71. The van der Waals surface area contributed by atoms with Crippen LogP contribution in [0.4, 0.5) is 18.0 Å². The minimum absolute atomic E-state index is 0.0264. The number of halogens is 3. The average molecular weight is 367 g/mol. The Hall–Kier alpha value is -2.51. The first-order valence-corrected chi connectivity index (χ1v) is 8.15. The van der Waals surface area contributed by atoms with Gasteiger partial charge in [0.1, 0.15) is 5.60 Å². The number of ether oxygens (including phenoxy) is 1. The Labute approximate surface area is 149 Å². The Morgan fingerprint density at radius 2 is 1.81 bits per heavy atom. The Morgan fingerprint density at radius 1 is 1.15 bits per heavy atom. The van der Waals surface area contributed by atoms with Gasteiger partial charge in [0.15, 0.2) is 5.69 Å². The number of nitrogens with zero attached hydrogens (tertiary/aromatic N) is 3. The molecule has 0 saturated heterocycles. The number of hydrogen-bond donors (Lipinski definition) is 0. The minimum atomic E-state index is -4.53. The van der Waals surface area contributed by atoms with Gasteiger partial charge >= 0.3 is 12.3 Å². The fourth-order valence-electron chi connectivity index (χ4n) is 2.93. The van der Waals surface area contributed by atoms with Gasteiger partial charge < -0.3 is 4.74 Å². The first-order chi connectivity index (χ1) is 11.9. The molecule has 1 amide bonds. The number of amides is 1. The molecule has 1 aromatic carbocycles. The number of hydrogen-bond acceptors (Lipinski definition) is 3. The summed E-state index contributed by atoms with van der Waals surface area (Å²) in [5, 5.41) is 3.54. The van der Waals surface area contributed by atoms with E-state index in [0.29, 0.717) is 18.7 Å². The molecule has 0 saturated carbocycles. The van der Waals surface area contributed by atoms with Crippen LogP contribution >= 0.6 is 0 Å². The van der Waals surface area contributed by atoms with Gasteiger partial charge in [-0.15, -0.1) is 0 Å². The standard InChI is InChI=1S/C18H20F3N3O2/c1-17(2,3)26-16(25)24-8-12-6-5-11(7-13(12)9-24)14-10-23(4)22-15(14)18(19,20)21/h5-7,10H,8-9H2,1-4H3. The van der Waals surface area contributed by atoms with Crippen molar-refractivity contribution in [1.29, 1.82) is 0 Å². The van der Waals surface area contributed by atoms with Gasteiger partial charge in [-0.05, 0) is 43.5 Å². The Kier molecular flexibility index (Phi) is 4.24. The van der Waals surface area contributed by atoms with Crippen LogP contribution in [0.5, 0.6) is 0 Å². The normalized spacial score (nSPS) is 14.5. The lowest BCUT2D eigenvalue weighted by Gasteiger charge is -2.24. The van der Waals surface area contributed by atoms with E-state index in [9.17, 15) is 18.0 Å². The third-order valence-electron chi connectivity index (χ3n) is 3.99. The Balaban J connectivity index is 1.88. The Bertz CT molecular complexity index is 850. The van der Waals surface area contributed by atoms with Gasteiger partial charge in [-0.2, -0.15) is 18.3 Å². The highest BCUT2D eigenvalue weighted by Crippen LogP contribution is 2.37. The van der Waals surface area contributed by atoms with E-state index in [1.807, 2.05) is 0 Å². The van der Waals surface area contributed by atoms with Gasteiger partial charge in [-0.3, -0.25) is 9.58 Å². The quantitative estimate of drug-likeness (QED) is 0.753. The molecule has 0 atom stereocenters. The van der Waals surface area contributed by atoms with Crippen molar-refractivity contribution in [2.24, 2.45) is 7.05 Å². The maximum Gasteiger partial charge on any atom is 0.435 e. The van der Waals surface area contributed by atoms with E-state index in [-0.39, 0.29) is 5.56 Å². The molecule has 0 spiro atoms. The maximum atomic E-state index is 13.2. The fourth-order valence-corrected chi connectivity index (χ4v) is 2.93. The molecule has 8 heteroatoms. The topological polar surface area (TPSA) is 47.4 Å². The average Bonchev–Trinajstić information content (AvgIpc) is 3.07. The van der Waals surface area contributed by atoms with Crippen molar-refractivity contribution < 1.29 is 22.7 Å². The van der Waals surface area contributed by atoms with Gasteiger partial charge in [0.25, 0.3) is 0 Å². The molecular weight excluding hydrogens is 347 g/mol. The summed E-state index contributed by atoms with van der Waals surface area (Å²) in [7, 11) is 1.45. The van der Waals surface area contributed by atoms with Gasteiger partial charge in [0.2, 0.25) is 0 Å². The predicted octanol–water partition coefficient (Wildman–Crippen LogP) is 4.36. The van der Waals surface area contributed by atoms with E-state index >= 15 is 0 Å². The first kappa shape index (κ1) is 18.3. The molecule has 1 aliphatic rings. The van der Waals surface area contributed by atoms with Gasteiger partial charge in [0.05, 0.1) is 0 Å². The van der Waals surface area contributed by atoms with Crippen LogP contribution < -0.4 is 0 Å². The highest BCUT2D eigenvalue weighted by Gasteiger charge is 2.37. The third kappa shape index (κ3) is 3.68. The zero-order valence-electron chi connectivity index (χ0n) is 15.0. The number of aryl methyl sites for hydroxylation is 1. The summed E-state index contributed by atoms with van der Waals surface area (Å²) in [6.07, 6.45) is -3.61. The second-order valence-electron chi connectivity index (χ2n) is 7.38. The van der Waals surface area contributed by atoms with Gasteiger partial charge in [-0.25, -0.2) is 4.79 Å². The van der Waals surface area contributed by atoms with Crippen molar-refractivity contribution in [2.75, 3.05) is 0 Å². The van der Waals surface area contributed by atoms with Crippen molar-refractivity contribution in [2.45, 2.75) is 45.6 Å². The number of benzene rings is 1. The molecule has 0 aliphatic carbocycles.